The molecule has 3 rings (SSSR count). The normalized spacial score (nSPS) is 10.9. The van der Waals surface area contributed by atoms with Crippen LogP contribution in [0.3, 0.4) is 0 Å². The summed E-state index contributed by atoms with van der Waals surface area (Å²) in [5.74, 6) is -0.891. The van der Waals surface area contributed by atoms with Crippen molar-refractivity contribution < 1.29 is 19.1 Å². The molecule has 0 unspecified atom stereocenters. The zero-order chi connectivity index (χ0) is 21.0. The van der Waals surface area contributed by atoms with Gasteiger partial charge >= 0.3 is 5.97 Å². The standard InChI is InChI=1S/C20H21N3O5S/c1-4-28-19(26)16-12(2)21-20(29-16)22-17(24)15-11-23(9-10-27-3)18(25)14-8-6-5-7-13(14)15/h5-8,11H,4,9-10H2,1-3H3,(H,21,22,24). The number of methoxy groups -OCH3 is 1. The van der Waals surface area contributed by atoms with Crippen LogP contribution in [-0.2, 0) is 16.0 Å². The maximum absolute atomic E-state index is 13.0. The van der Waals surface area contributed by atoms with Crippen molar-refractivity contribution in [2.45, 2.75) is 20.4 Å². The molecule has 0 saturated heterocycles. The van der Waals surface area contributed by atoms with Gasteiger partial charge in [0.15, 0.2) is 5.13 Å². The molecule has 2 aromatic heterocycles. The number of nitrogens with zero attached hydrogens (tertiary/aromatic N) is 2. The van der Waals surface area contributed by atoms with Crippen LogP contribution in [0.1, 0.15) is 32.6 Å². The van der Waals surface area contributed by atoms with E-state index in [1.165, 1.54) is 10.8 Å². The summed E-state index contributed by atoms with van der Waals surface area (Å²) in [4.78, 5) is 42.2. The van der Waals surface area contributed by atoms with Gasteiger partial charge in [-0.15, -0.1) is 0 Å². The largest absolute Gasteiger partial charge is 0.462 e. The van der Waals surface area contributed by atoms with Crippen molar-refractivity contribution in [1.82, 2.24) is 9.55 Å². The Kier molecular flexibility index (Phi) is 6.40. The van der Waals surface area contributed by atoms with Crippen molar-refractivity contribution in [3.05, 3.63) is 57.0 Å². The Morgan fingerprint density at radius 3 is 2.66 bits per heavy atom. The van der Waals surface area contributed by atoms with Gasteiger partial charge in [-0.2, -0.15) is 0 Å². The van der Waals surface area contributed by atoms with Crippen molar-refractivity contribution >= 4 is 39.1 Å². The fourth-order valence-corrected chi connectivity index (χ4v) is 3.74. The lowest BCUT2D eigenvalue weighted by atomic mass is 10.1. The molecule has 152 valence electrons. The van der Waals surface area contributed by atoms with Crippen molar-refractivity contribution in [3.63, 3.8) is 0 Å². The summed E-state index contributed by atoms with van der Waals surface area (Å²) in [7, 11) is 1.55. The summed E-state index contributed by atoms with van der Waals surface area (Å²) in [5, 5.41) is 4.00. The maximum atomic E-state index is 13.0. The monoisotopic (exact) mass is 415 g/mol. The van der Waals surface area contributed by atoms with Crippen LogP contribution in [0.15, 0.2) is 35.3 Å². The molecule has 0 spiro atoms. The number of nitrogens with one attached hydrogen (secondary N) is 1. The van der Waals surface area contributed by atoms with Crippen LogP contribution in [-0.4, -0.2) is 41.8 Å². The van der Waals surface area contributed by atoms with Crippen LogP contribution < -0.4 is 10.9 Å². The number of carbonyl (C=O) groups excluding carboxylic acids is 2. The van der Waals surface area contributed by atoms with Gasteiger partial charge in [0, 0.05) is 30.6 Å². The van der Waals surface area contributed by atoms with Gasteiger partial charge in [-0.25, -0.2) is 9.78 Å². The van der Waals surface area contributed by atoms with Crippen molar-refractivity contribution in [2.24, 2.45) is 0 Å². The van der Waals surface area contributed by atoms with E-state index in [1.807, 2.05) is 0 Å². The summed E-state index contributed by atoms with van der Waals surface area (Å²) in [6.45, 7) is 4.32. The third kappa shape index (κ3) is 4.36. The molecule has 0 saturated carbocycles. The highest BCUT2D eigenvalue weighted by Gasteiger charge is 2.20. The highest BCUT2D eigenvalue weighted by Crippen LogP contribution is 2.25. The number of fused-ring (bicyclic) bond motifs is 1. The second-order valence-corrected chi connectivity index (χ2v) is 7.19. The third-order valence-electron chi connectivity index (χ3n) is 4.25. The zero-order valence-electron chi connectivity index (χ0n) is 16.4. The summed E-state index contributed by atoms with van der Waals surface area (Å²) in [5.41, 5.74) is 0.629. The van der Waals surface area contributed by atoms with E-state index >= 15 is 0 Å². The molecule has 0 bridgehead atoms. The highest BCUT2D eigenvalue weighted by molar-refractivity contribution is 7.17. The zero-order valence-corrected chi connectivity index (χ0v) is 17.2. The van der Waals surface area contributed by atoms with Gasteiger partial charge in [0.25, 0.3) is 11.5 Å². The maximum Gasteiger partial charge on any atom is 0.350 e. The number of hydrogen-bond donors (Lipinski definition) is 1. The molecule has 0 atom stereocenters. The van der Waals surface area contributed by atoms with E-state index in [-0.39, 0.29) is 17.3 Å². The smallest absolute Gasteiger partial charge is 0.350 e. The number of carbonyl (C=O) groups is 2. The highest BCUT2D eigenvalue weighted by atomic mass is 32.1. The number of aromatic nitrogens is 2. The molecular weight excluding hydrogens is 394 g/mol. The molecule has 1 N–H and O–H groups in total. The molecule has 0 fully saturated rings. The van der Waals surface area contributed by atoms with Crippen molar-refractivity contribution in [2.75, 3.05) is 25.6 Å². The minimum Gasteiger partial charge on any atom is -0.462 e. The van der Waals surface area contributed by atoms with Crippen LogP contribution in [0.25, 0.3) is 10.8 Å². The topological polar surface area (TPSA) is 99.5 Å². The number of amides is 1. The van der Waals surface area contributed by atoms with E-state index in [2.05, 4.69) is 10.3 Å². The van der Waals surface area contributed by atoms with Crippen LogP contribution in [0, 0.1) is 6.92 Å². The Morgan fingerprint density at radius 2 is 1.97 bits per heavy atom. The van der Waals surface area contributed by atoms with Gasteiger partial charge in [-0.05, 0) is 19.9 Å². The third-order valence-corrected chi connectivity index (χ3v) is 5.31. The number of esters is 1. The number of aryl methyl sites for hydroxylation is 1. The molecule has 1 amide bonds. The van der Waals surface area contributed by atoms with Gasteiger partial charge in [0.1, 0.15) is 4.88 Å². The Morgan fingerprint density at radius 1 is 1.24 bits per heavy atom. The number of ether oxygens (including phenoxy) is 2. The summed E-state index contributed by atoms with van der Waals surface area (Å²) >= 11 is 1.05. The molecule has 29 heavy (non-hydrogen) atoms. The van der Waals surface area contributed by atoms with E-state index < -0.39 is 11.9 Å². The first-order valence-corrected chi connectivity index (χ1v) is 9.85. The first kappa shape index (κ1) is 20.7. The first-order valence-electron chi connectivity index (χ1n) is 9.03. The minimum atomic E-state index is -0.471. The quantitative estimate of drug-likeness (QED) is 0.596. The molecular formula is C20H21N3O5S. The van der Waals surface area contributed by atoms with Crippen LogP contribution in [0.2, 0.25) is 0 Å². The Hall–Kier alpha value is -3.04. The molecule has 2 heterocycles. The molecule has 0 aliphatic heterocycles. The van der Waals surface area contributed by atoms with Crippen molar-refractivity contribution in [1.29, 1.82) is 0 Å². The second kappa shape index (κ2) is 8.97. The number of thiazole rings is 1. The van der Waals surface area contributed by atoms with Gasteiger partial charge in [0.05, 0.1) is 24.5 Å². The lowest BCUT2D eigenvalue weighted by Gasteiger charge is -2.11. The minimum absolute atomic E-state index is 0.191. The summed E-state index contributed by atoms with van der Waals surface area (Å²) in [6, 6.07) is 6.93. The van der Waals surface area contributed by atoms with Gasteiger partial charge < -0.3 is 14.0 Å². The van der Waals surface area contributed by atoms with E-state index in [0.717, 1.165) is 11.3 Å². The summed E-state index contributed by atoms with van der Waals surface area (Å²) in [6.07, 6.45) is 1.52. The second-order valence-electron chi connectivity index (χ2n) is 6.19. The molecule has 0 radical (unpaired) electrons. The van der Waals surface area contributed by atoms with Gasteiger partial charge in [-0.3, -0.25) is 14.9 Å². The van der Waals surface area contributed by atoms with Gasteiger partial charge in [-0.1, -0.05) is 29.5 Å². The number of pyridine rings is 1. The molecule has 3 aromatic rings. The number of anilines is 1. The van der Waals surface area contributed by atoms with Crippen molar-refractivity contribution in [3.8, 4) is 0 Å². The number of benzene rings is 1. The van der Waals surface area contributed by atoms with Crippen LogP contribution in [0.5, 0.6) is 0 Å². The fourth-order valence-electron chi connectivity index (χ4n) is 2.88. The van der Waals surface area contributed by atoms with Gasteiger partial charge in [0.2, 0.25) is 0 Å². The number of rotatable bonds is 7. The Balaban J connectivity index is 1.97. The van der Waals surface area contributed by atoms with E-state index in [9.17, 15) is 14.4 Å². The van der Waals surface area contributed by atoms with Crippen LogP contribution >= 0.6 is 11.3 Å². The summed E-state index contributed by atoms with van der Waals surface area (Å²) < 4.78 is 11.5. The first-order chi connectivity index (χ1) is 14.0. The Bertz CT molecular complexity index is 1120. The predicted octanol–water partition coefficient (Wildman–Crippen LogP) is 2.84. The van der Waals surface area contributed by atoms with E-state index in [0.29, 0.717) is 40.1 Å². The Labute approximate surface area is 171 Å². The molecule has 0 aliphatic rings. The SMILES string of the molecule is CCOC(=O)c1sc(NC(=O)c2cn(CCOC)c(=O)c3ccccc23)nc1C. The number of hydrogen-bond acceptors (Lipinski definition) is 7. The molecule has 0 aliphatic carbocycles. The molecule has 9 heteroatoms. The average Bonchev–Trinajstić information content (AvgIpc) is 3.08. The lowest BCUT2D eigenvalue weighted by Crippen LogP contribution is -2.25. The van der Waals surface area contributed by atoms with Crippen LogP contribution in [0.4, 0.5) is 5.13 Å². The van der Waals surface area contributed by atoms with E-state index in [1.54, 1.807) is 45.2 Å². The fraction of sp³-hybridized carbons (Fsp3) is 0.300. The average molecular weight is 415 g/mol. The van der Waals surface area contributed by atoms with E-state index in [4.69, 9.17) is 9.47 Å². The molecule has 1 aromatic carbocycles. The molecule has 8 nitrogen and oxygen atoms in total. The predicted molar refractivity (Wildman–Crippen MR) is 111 cm³/mol. The lowest BCUT2D eigenvalue weighted by molar-refractivity contribution is 0.0531.